The lowest BCUT2D eigenvalue weighted by atomic mass is 10.2. The van der Waals surface area contributed by atoms with Crippen molar-refractivity contribution in [3.05, 3.63) is 74.0 Å². The van der Waals surface area contributed by atoms with Crippen molar-refractivity contribution in [1.82, 2.24) is 15.3 Å². The number of nitro benzene ring substituents is 1. The van der Waals surface area contributed by atoms with Gasteiger partial charge in [0.15, 0.2) is 0 Å². The Kier molecular flexibility index (Phi) is 5.24. The van der Waals surface area contributed by atoms with Gasteiger partial charge in [0.1, 0.15) is 5.01 Å². The van der Waals surface area contributed by atoms with Gasteiger partial charge >= 0.3 is 0 Å². The lowest BCUT2D eigenvalue weighted by Gasteiger charge is -2.06. The molecule has 0 aliphatic rings. The Balaban J connectivity index is 1.72. The number of benzene rings is 1. The van der Waals surface area contributed by atoms with Crippen LogP contribution in [0.2, 0.25) is 5.02 Å². The standard InChI is InChI=1S/C17H13ClN4O3S/c1-10-15(26-17(21-10)11-3-2-6-19-8-11)9-20-16(23)13-5-4-12(22(24)25)7-14(13)18/h2-8H,9H2,1H3,(H,20,23). The first-order valence-corrected chi connectivity index (χ1v) is 8.74. The molecule has 0 unspecified atom stereocenters. The number of thiazole rings is 1. The third kappa shape index (κ3) is 3.87. The van der Waals surface area contributed by atoms with E-state index in [-0.39, 0.29) is 22.8 Å². The molecule has 0 saturated heterocycles. The zero-order chi connectivity index (χ0) is 18.7. The number of carbonyl (C=O) groups is 1. The summed E-state index contributed by atoms with van der Waals surface area (Å²) in [7, 11) is 0. The van der Waals surface area contributed by atoms with Crippen LogP contribution in [0.5, 0.6) is 0 Å². The summed E-state index contributed by atoms with van der Waals surface area (Å²) >= 11 is 7.46. The predicted molar refractivity (Wildman–Crippen MR) is 99.4 cm³/mol. The number of nitrogens with one attached hydrogen (secondary N) is 1. The number of nitro groups is 1. The van der Waals surface area contributed by atoms with Crippen LogP contribution in [0.25, 0.3) is 10.6 Å². The fourth-order valence-electron chi connectivity index (χ4n) is 2.26. The predicted octanol–water partition coefficient (Wildman–Crippen LogP) is 4.01. The number of amides is 1. The third-order valence-electron chi connectivity index (χ3n) is 3.62. The van der Waals surface area contributed by atoms with Crippen LogP contribution in [0, 0.1) is 17.0 Å². The second-order valence-electron chi connectivity index (χ2n) is 5.37. The number of halogens is 1. The van der Waals surface area contributed by atoms with Gasteiger partial charge in [0, 0.05) is 35.0 Å². The highest BCUT2D eigenvalue weighted by molar-refractivity contribution is 7.15. The summed E-state index contributed by atoms with van der Waals surface area (Å²) in [5.74, 6) is -0.402. The van der Waals surface area contributed by atoms with Crippen molar-refractivity contribution < 1.29 is 9.72 Å². The minimum atomic E-state index is -0.561. The first-order valence-electron chi connectivity index (χ1n) is 7.54. The van der Waals surface area contributed by atoms with E-state index < -0.39 is 10.8 Å². The van der Waals surface area contributed by atoms with Crippen LogP contribution in [0.15, 0.2) is 42.7 Å². The lowest BCUT2D eigenvalue weighted by Crippen LogP contribution is -2.23. The molecule has 3 aromatic rings. The quantitative estimate of drug-likeness (QED) is 0.526. The van der Waals surface area contributed by atoms with Gasteiger partial charge in [-0.3, -0.25) is 19.9 Å². The van der Waals surface area contributed by atoms with Crippen molar-refractivity contribution in [2.24, 2.45) is 0 Å². The van der Waals surface area contributed by atoms with E-state index in [2.05, 4.69) is 15.3 Å². The maximum atomic E-state index is 12.3. The Morgan fingerprint density at radius 2 is 2.19 bits per heavy atom. The Labute approximate surface area is 157 Å². The molecule has 2 heterocycles. The van der Waals surface area contributed by atoms with Crippen LogP contribution in [0.4, 0.5) is 5.69 Å². The summed E-state index contributed by atoms with van der Waals surface area (Å²) in [6, 6.07) is 7.51. The number of hydrogen-bond donors (Lipinski definition) is 1. The fraction of sp³-hybridized carbons (Fsp3) is 0.118. The van der Waals surface area contributed by atoms with Crippen LogP contribution in [-0.4, -0.2) is 20.8 Å². The second-order valence-corrected chi connectivity index (χ2v) is 6.86. The second kappa shape index (κ2) is 7.59. The molecule has 0 saturated carbocycles. The minimum absolute atomic E-state index is 0.0359. The van der Waals surface area contributed by atoms with E-state index in [0.29, 0.717) is 0 Å². The monoisotopic (exact) mass is 388 g/mol. The molecule has 0 aliphatic carbocycles. The number of carbonyl (C=O) groups excluding carboxylic acids is 1. The van der Waals surface area contributed by atoms with E-state index >= 15 is 0 Å². The highest BCUT2D eigenvalue weighted by Gasteiger charge is 2.16. The number of pyridine rings is 1. The first-order chi connectivity index (χ1) is 12.5. The van der Waals surface area contributed by atoms with Crippen LogP contribution >= 0.6 is 22.9 Å². The van der Waals surface area contributed by atoms with Gasteiger partial charge in [0.05, 0.1) is 27.7 Å². The molecule has 3 rings (SSSR count). The summed E-state index contributed by atoms with van der Waals surface area (Å²) < 4.78 is 0. The van der Waals surface area contributed by atoms with Crippen molar-refractivity contribution in [2.45, 2.75) is 13.5 Å². The Bertz CT molecular complexity index is 975. The fourth-order valence-corrected chi connectivity index (χ4v) is 3.52. The molecule has 9 heteroatoms. The first kappa shape index (κ1) is 18.0. The van der Waals surface area contributed by atoms with Gasteiger partial charge in [-0.15, -0.1) is 11.3 Å². The molecule has 0 atom stereocenters. The van der Waals surface area contributed by atoms with E-state index in [1.807, 2.05) is 19.1 Å². The van der Waals surface area contributed by atoms with E-state index in [9.17, 15) is 14.9 Å². The maximum absolute atomic E-state index is 12.3. The molecule has 1 aromatic carbocycles. The number of non-ortho nitro benzene ring substituents is 1. The molecular formula is C17H13ClN4O3S. The Hall–Kier alpha value is -2.84. The highest BCUT2D eigenvalue weighted by Crippen LogP contribution is 2.27. The molecule has 1 N–H and O–H groups in total. The summed E-state index contributed by atoms with van der Waals surface area (Å²) in [5, 5.41) is 14.4. The largest absolute Gasteiger partial charge is 0.347 e. The van der Waals surface area contributed by atoms with Crippen molar-refractivity contribution >= 4 is 34.5 Å². The van der Waals surface area contributed by atoms with E-state index in [1.165, 1.54) is 23.5 Å². The highest BCUT2D eigenvalue weighted by atomic mass is 35.5. The van der Waals surface area contributed by atoms with Crippen molar-refractivity contribution in [3.63, 3.8) is 0 Å². The number of aromatic nitrogens is 2. The van der Waals surface area contributed by atoms with Gasteiger partial charge in [-0.05, 0) is 25.1 Å². The summed E-state index contributed by atoms with van der Waals surface area (Å²) in [6.07, 6.45) is 3.43. The topological polar surface area (TPSA) is 98.0 Å². The zero-order valence-corrected chi connectivity index (χ0v) is 15.2. The van der Waals surface area contributed by atoms with Crippen LogP contribution < -0.4 is 5.32 Å². The molecule has 1 amide bonds. The molecular weight excluding hydrogens is 376 g/mol. The van der Waals surface area contributed by atoms with Crippen molar-refractivity contribution in [3.8, 4) is 10.6 Å². The number of nitrogens with zero attached hydrogens (tertiary/aromatic N) is 3. The zero-order valence-electron chi connectivity index (χ0n) is 13.6. The summed E-state index contributed by atoms with van der Waals surface area (Å²) in [5.41, 5.74) is 1.76. The van der Waals surface area contributed by atoms with Gasteiger partial charge in [-0.2, -0.15) is 0 Å². The molecule has 26 heavy (non-hydrogen) atoms. The minimum Gasteiger partial charge on any atom is -0.347 e. The van der Waals surface area contributed by atoms with Gasteiger partial charge < -0.3 is 5.32 Å². The van der Waals surface area contributed by atoms with E-state index in [1.54, 1.807) is 12.4 Å². The molecule has 0 radical (unpaired) electrons. The number of hydrogen-bond acceptors (Lipinski definition) is 6. The van der Waals surface area contributed by atoms with E-state index in [0.717, 1.165) is 27.2 Å². The molecule has 0 spiro atoms. The number of aryl methyl sites for hydroxylation is 1. The maximum Gasteiger partial charge on any atom is 0.270 e. The summed E-state index contributed by atoms with van der Waals surface area (Å²) in [6.45, 7) is 2.16. The van der Waals surface area contributed by atoms with Crippen LogP contribution in [-0.2, 0) is 6.54 Å². The molecule has 0 aliphatic heterocycles. The SMILES string of the molecule is Cc1nc(-c2cccnc2)sc1CNC(=O)c1ccc([N+](=O)[O-])cc1Cl. The molecule has 0 bridgehead atoms. The van der Waals surface area contributed by atoms with Gasteiger partial charge in [-0.1, -0.05) is 11.6 Å². The smallest absolute Gasteiger partial charge is 0.270 e. The third-order valence-corrected chi connectivity index (χ3v) is 5.14. The van der Waals surface area contributed by atoms with Crippen molar-refractivity contribution in [2.75, 3.05) is 0 Å². The molecule has 0 fully saturated rings. The molecule has 7 nitrogen and oxygen atoms in total. The van der Waals surface area contributed by atoms with Gasteiger partial charge in [0.25, 0.3) is 11.6 Å². The molecule has 132 valence electrons. The van der Waals surface area contributed by atoms with Crippen molar-refractivity contribution in [1.29, 1.82) is 0 Å². The number of rotatable bonds is 5. The Morgan fingerprint density at radius 3 is 2.85 bits per heavy atom. The van der Waals surface area contributed by atoms with Gasteiger partial charge in [-0.25, -0.2) is 4.98 Å². The van der Waals surface area contributed by atoms with E-state index in [4.69, 9.17) is 11.6 Å². The van der Waals surface area contributed by atoms with Crippen LogP contribution in [0.1, 0.15) is 20.9 Å². The molecule has 2 aromatic heterocycles. The van der Waals surface area contributed by atoms with Gasteiger partial charge in [0.2, 0.25) is 0 Å². The average molecular weight is 389 g/mol. The average Bonchev–Trinajstić information content (AvgIpc) is 3.01. The summed E-state index contributed by atoms with van der Waals surface area (Å²) in [4.78, 5) is 32.0. The normalized spacial score (nSPS) is 10.5. The lowest BCUT2D eigenvalue weighted by molar-refractivity contribution is -0.384. The Morgan fingerprint density at radius 1 is 1.38 bits per heavy atom. The van der Waals surface area contributed by atoms with Crippen LogP contribution in [0.3, 0.4) is 0 Å².